The molecule has 218 valence electrons. The SMILES string of the molecule is COc1cc(Cc2c(C(C)(C)COc3cccc4nc(C)c(C(=O)O)c(N)c34)[nH]c3ccccc23)ccc1OCCO. The molecule has 0 bridgehead atoms. The Balaban J connectivity index is 1.50. The van der Waals surface area contributed by atoms with Gasteiger partial charge < -0.3 is 35.1 Å². The second-order valence-corrected chi connectivity index (χ2v) is 10.9. The Bertz CT molecular complexity index is 1780. The van der Waals surface area contributed by atoms with Crippen molar-refractivity contribution in [3.63, 3.8) is 0 Å². The third-order valence-electron chi connectivity index (χ3n) is 7.44. The number of aliphatic hydroxyl groups is 1. The Labute approximate surface area is 243 Å². The maximum Gasteiger partial charge on any atom is 0.339 e. The molecule has 0 aliphatic rings. The highest BCUT2D eigenvalue weighted by Gasteiger charge is 2.29. The van der Waals surface area contributed by atoms with Crippen molar-refractivity contribution in [1.82, 2.24) is 9.97 Å². The Morgan fingerprint density at radius 1 is 1.02 bits per heavy atom. The highest BCUT2D eigenvalue weighted by atomic mass is 16.5. The summed E-state index contributed by atoms with van der Waals surface area (Å²) in [7, 11) is 1.60. The van der Waals surface area contributed by atoms with E-state index in [2.05, 4.69) is 35.9 Å². The number of carboxylic acid groups (broad SMARTS) is 1. The number of aliphatic hydroxyl groups excluding tert-OH is 1. The molecule has 0 fully saturated rings. The van der Waals surface area contributed by atoms with E-state index >= 15 is 0 Å². The van der Waals surface area contributed by atoms with Crippen molar-refractivity contribution >= 4 is 33.5 Å². The summed E-state index contributed by atoms with van der Waals surface area (Å²) in [5, 5.41) is 20.5. The van der Waals surface area contributed by atoms with E-state index in [9.17, 15) is 9.90 Å². The smallest absolute Gasteiger partial charge is 0.339 e. The lowest BCUT2D eigenvalue weighted by atomic mass is 9.85. The first-order valence-corrected chi connectivity index (χ1v) is 13.7. The number of carbonyl (C=O) groups is 1. The van der Waals surface area contributed by atoms with Crippen LogP contribution in [0.4, 0.5) is 5.69 Å². The largest absolute Gasteiger partial charge is 0.493 e. The number of nitrogens with one attached hydrogen (secondary N) is 1. The van der Waals surface area contributed by atoms with Gasteiger partial charge in [-0.3, -0.25) is 4.98 Å². The molecule has 0 unspecified atom stereocenters. The number of aromatic carboxylic acids is 1. The molecule has 9 nitrogen and oxygen atoms in total. The minimum Gasteiger partial charge on any atom is -0.493 e. The van der Waals surface area contributed by atoms with Crippen molar-refractivity contribution in [2.24, 2.45) is 0 Å². The first-order valence-electron chi connectivity index (χ1n) is 13.7. The number of aromatic amines is 1. The first-order chi connectivity index (χ1) is 20.1. The summed E-state index contributed by atoms with van der Waals surface area (Å²) in [6, 6.07) is 19.4. The summed E-state index contributed by atoms with van der Waals surface area (Å²) in [5.74, 6) is 0.534. The Kier molecular flexibility index (Phi) is 7.95. The summed E-state index contributed by atoms with van der Waals surface area (Å²) in [4.78, 5) is 20.0. The molecule has 5 aromatic rings. The van der Waals surface area contributed by atoms with Gasteiger partial charge in [-0.15, -0.1) is 0 Å². The number of aromatic nitrogens is 2. The highest BCUT2D eigenvalue weighted by molar-refractivity contribution is 6.06. The number of benzene rings is 3. The number of nitrogens with two attached hydrogens (primary N) is 1. The molecule has 0 atom stereocenters. The molecule has 3 aromatic carbocycles. The van der Waals surface area contributed by atoms with Crippen LogP contribution in [0.15, 0.2) is 60.7 Å². The van der Waals surface area contributed by atoms with Crippen molar-refractivity contribution in [1.29, 1.82) is 0 Å². The standard InChI is InChI=1S/C33H35N3O6/c1-19-28(32(38)39)30(34)29-24(35-19)10-7-11-26(29)42-18-33(2,3)31-22(21-8-5-6-9-23(21)36-31)16-20-12-13-25(41-15-14-37)27(17-20)40-4/h5-13,17,36-37H,14-16,18H2,1-4H3,(H2,34,35)(H,38,39). The summed E-state index contributed by atoms with van der Waals surface area (Å²) >= 11 is 0. The lowest BCUT2D eigenvalue weighted by molar-refractivity contribution is 0.0697. The van der Waals surface area contributed by atoms with Gasteiger partial charge in [0, 0.05) is 22.0 Å². The molecule has 42 heavy (non-hydrogen) atoms. The quantitative estimate of drug-likeness (QED) is 0.160. The van der Waals surface area contributed by atoms with Gasteiger partial charge in [-0.25, -0.2) is 4.79 Å². The van der Waals surface area contributed by atoms with Crippen LogP contribution in [0.25, 0.3) is 21.8 Å². The van der Waals surface area contributed by atoms with Gasteiger partial charge in [0.1, 0.15) is 17.9 Å². The number of rotatable bonds is 11. The van der Waals surface area contributed by atoms with Crippen LogP contribution in [0.1, 0.15) is 46.7 Å². The summed E-state index contributed by atoms with van der Waals surface area (Å²) in [6.07, 6.45) is 0.631. The van der Waals surface area contributed by atoms with Crippen LogP contribution in [0.3, 0.4) is 0 Å². The van der Waals surface area contributed by atoms with E-state index in [1.807, 2.05) is 36.4 Å². The third-order valence-corrected chi connectivity index (χ3v) is 7.44. The third kappa shape index (κ3) is 5.43. The van der Waals surface area contributed by atoms with Gasteiger partial charge >= 0.3 is 5.97 Å². The van der Waals surface area contributed by atoms with Gasteiger partial charge in [0.15, 0.2) is 11.5 Å². The summed E-state index contributed by atoms with van der Waals surface area (Å²) in [5.41, 5.74) is 11.2. The monoisotopic (exact) mass is 569 g/mol. The van der Waals surface area contributed by atoms with Gasteiger partial charge in [0.25, 0.3) is 0 Å². The Morgan fingerprint density at radius 3 is 2.55 bits per heavy atom. The van der Waals surface area contributed by atoms with E-state index in [1.165, 1.54) is 0 Å². The molecular formula is C33H35N3O6. The van der Waals surface area contributed by atoms with E-state index < -0.39 is 11.4 Å². The van der Waals surface area contributed by atoms with Gasteiger partial charge in [-0.1, -0.05) is 44.2 Å². The van der Waals surface area contributed by atoms with Gasteiger partial charge in [0.2, 0.25) is 0 Å². The number of methoxy groups -OCH3 is 1. The fourth-order valence-corrected chi connectivity index (χ4v) is 5.42. The number of fused-ring (bicyclic) bond motifs is 2. The van der Waals surface area contributed by atoms with E-state index in [-0.39, 0.29) is 24.5 Å². The van der Waals surface area contributed by atoms with Crippen LogP contribution in [0, 0.1) is 6.92 Å². The van der Waals surface area contributed by atoms with E-state index in [0.29, 0.717) is 46.9 Å². The molecule has 0 aliphatic heterocycles. The molecule has 0 saturated heterocycles. The predicted molar refractivity (Wildman–Crippen MR) is 163 cm³/mol. The van der Waals surface area contributed by atoms with Gasteiger partial charge in [-0.2, -0.15) is 0 Å². The molecule has 5 rings (SSSR count). The van der Waals surface area contributed by atoms with Crippen molar-refractivity contribution in [3.8, 4) is 17.2 Å². The minimum absolute atomic E-state index is 0.0149. The number of anilines is 1. The number of nitrogens with zero attached hydrogens (tertiary/aromatic N) is 1. The fourth-order valence-electron chi connectivity index (χ4n) is 5.42. The van der Waals surface area contributed by atoms with Crippen molar-refractivity contribution < 1.29 is 29.2 Å². The van der Waals surface area contributed by atoms with E-state index in [4.69, 9.17) is 25.1 Å². The fraction of sp³-hybridized carbons (Fsp3) is 0.273. The van der Waals surface area contributed by atoms with Crippen LogP contribution in [0.5, 0.6) is 17.2 Å². The zero-order chi connectivity index (χ0) is 30.0. The normalized spacial score (nSPS) is 11.6. The van der Waals surface area contributed by atoms with Crippen LogP contribution >= 0.6 is 0 Å². The van der Waals surface area contributed by atoms with Crippen LogP contribution in [-0.4, -0.2) is 53.1 Å². The molecule has 0 saturated carbocycles. The molecular weight excluding hydrogens is 534 g/mol. The highest BCUT2D eigenvalue weighted by Crippen LogP contribution is 2.38. The molecule has 5 N–H and O–H groups in total. The Hall–Kier alpha value is -4.76. The number of nitrogen functional groups attached to an aromatic ring is 1. The van der Waals surface area contributed by atoms with Gasteiger partial charge in [0.05, 0.1) is 42.6 Å². The summed E-state index contributed by atoms with van der Waals surface area (Å²) in [6.45, 7) is 6.24. The molecule has 0 aliphatic carbocycles. The topological polar surface area (TPSA) is 140 Å². The molecule has 2 aromatic heterocycles. The average molecular weight is 570 g/mol. The van der Waals surface area contributed by atoms with Crippen LogP contribution in [-0.2, 0) is 11.8 Å². The number of carboxylic acids is 1. The van der Waals surface area contributed by atoms with Crippen molar-refractivity contribution in [3.05, 3.63) is 88.7 Å². The molecule has 9 heteroatoms. The molecule has 0 amide bonds. The molecule has 0 spiro atoms. The number of hydrogen-bond acceptors (Lipinski definition) is 7. The van der Waals surface area contributed by atoms with Crippen LogP contribution < -0.4 is 19.9 Å². The van der Waals surface area contributed by atoms with E-state index in [0.717, 1.165) is 27.7 Å². The number of ether oxygens (including phenoxy) is 3. The van der Waals surface area contributed by atoms with Gasteiger partial charge in [-0.05, 0) is 54.8 Å². The predicted octanol–water partition coefficient (Wildman–Crippen LogP) is 5.63. The Morgan fingerprint density at radius 2 is 1.81 bits per heavy atom. The number of H-pyrrole nitrogens is 1. The minimum atomic E-state index is -1.12. The lowest BCUT2D eigenvalue weighted by Gasteiger charge is -2.26. The zero-order valence-electron chi connectivity index (χ0n) is 24.2. The maximum atomic E-state index is 11.9. The maximum absolute atomic E-state index is 11.9. The van der Waals surface area contributed by atoms with Crippen molar-refractivity contribution in [2.75, 3.05) is 32.7 Å². The number of aryl methyl sites for hydroxylation is 1. The summed E-state index contributed by atoms with van der Waals surface area (Å²) < 4.78 is 17.6. The van der Waals surface area contributed by atoms with E-state index in [1.54, 1.807) is 26.2 Å². The molecule has 0 radical (unpaired) electrons. The number of pyridine rings is 1. The molecule has 2 heterocycles. The van der Waals surface area contributed by atoms with Crippen molar-refractivity contribution in [2.45, 2.75) is 32.6 Å². The second kappa shape index (κ2) is 11.6. The zero-order valence-corrected chi connectivity index (χ0v) is 24.2. The lowest BCUT2D eigenvalue weighted by Crippen LogP contribution is -2.28. The first kappa shape index (κ1) is 28.8. The average Bonchev–Trinajstić information content (AvgIpc) is 3.34. The number of para-hydroxylation sites is 1. The number of hydrogen-bond donors (Lipinski definition) is 4. The second-order valence-electron chi connectivity index (χ2n) is 10.9. The van der Waals surface area contributed by atoms with Crippen LogP contribution in [0.2, 0.25) is 0 Å².